The maximum Gasteiger partial charge on any atom is 0.347 e. The third-order valence-corrected chi connectivity index (χ3v) is 5.34. The van der Waals surface area contributed by atoms with Gasteiger partial charge in [0.2, 0.25) is 0 Å². The van der Waals surface area contributed by atoms with E-state index in [1.54, 1.807) is 73.7 Å². The molecule has 1 amide bonds. The summed E-state index contributed by atoms with van der Waals surface area (Å²) < 4.78 is 10.9. The van der Waals surface area contributed by atoms with Gasteiger partial charge in [-0.25, -0.2) is 4.79 Å². The second kappa shape index (κ2) is 10.8. The number of carbonyl (C=O) groups excluding carboxylic acids is 3. The Hall–Kier alpha value is -3.64. The van der Waals surface area contributed by atoms with Crippen LogP contribution in [0.1, 0.15) is 45.7 Å². The molecule has 0 bridgehead atoms. The molecule has 7 heteroatoms. The van der Waals surface area contributed by atoms with Crippen LogP contribution in [0.25, 0.3) is 0 Å². The van der Waals surface area contributed by atoms with Gasteiger partial charge in [0.15, 0.2) is 11.9 Å². The van der Waals surface area contributed by atoms with Gasteiger partial charge in [-0.05, 0) is 86.5 Å². The van der Waals surface area contributed by atoms with E-state index in [1.165, 1.54) is 6.92 Å². The molecule has 1 N–H and O–H groups in total. The van der Waals surface area contributed by atoms with Gasteiger partial charge in [-0.3, -0.25) is 9.59 Å². The molecule has 3 rings (SSSR count). The highest BCUT2D eigenvalue weighted by Crippen LogP contribution is 2.20. The first kappa shape index (κ1) is 24.0. The van der Waals surface area contributed by atoms with Gasteiger partial charge in [0.25, 0.3) is 5.91 Å². The van der Waals surface area contributed by atoms with Crippen molar-refractivity contribution < 1.29 is 23.9 Å². The second-order valence-electron chi connectivity index (χ2n) is 7.56. The van der Waals surface area contributed by atoms with E-state index in [4.69, 9.17) is 21.1 Å². The van der Waals surface area contributed by atoms with Crippen molar-refractivity contribution in [1.29, 1.82) is 0 Å². The summed E-state index contributed by atoms with van der Waals surface area (Å²) in [5.41, 5.74) is 3.31. The van der Waals surface area contributed by atoms with E-state index in [9.17, 15) is 14.4 Å². The van der Waals surface area contributed by atoms with E-state index >= 15 is 0 Å². The highest BCUT2D eigenvalue weighted by molar-refractivity contribution is 6.31. The van der Waals surface area contributed by atoms with Gasteiger partial charge in [0, 0.05) is 21.8 Å². The maximum atomic E-state index is 12.4. The van der Waals surface area contributed by atoms with Crippen LogP contribution in [-0.2, 0) is 16.1 Å². The van der Waals surface area contributed by atoms with Crippen molar-refractivity contribution in [3.63, 3.8) is 0 Å². The predicted octanol–water partition coefficient (Wildman–Crippen LogP) is 5.61. The summed E-state index contributed by atoms with van der Waals surface area (Å²) in [5.74, 6) is -0.350. The minimum Gasteiger partial charge on any atom is -0.479 e. The van der Waals surface area contributed by atoms with Crippen molar-refractivity contribution in [1.82, 2.24) is 0 Å². The molecule has 0 heterocycles. The minimum absolute atomic E-state index is 0.0439. The topological polar surface area (TPSA) is 81.7 Å². The van der Waals surface area contributed by atoms with Gasteiger partial charge >= 0.3 is 5.97 Å². The molecule has 0 aliphatic rings. The van der Waals surface area contributed by atoms with Crippen LogP contribution < -0.4 is 10.1 Å². The van der Waals surface area contributed by atoms with Crippen LogP contribution >= 0.6 is 11.6 Å². The fourth-order valence-electron chi connectivity index (χ4n) is 2.97. The van der Waals surface area contributed by atoms with Gasteiger partial charge in [0.05, 0.1) is 0 Å². The molecule has 170 valence electrons. The first-order chi connectivity index (χ1) is 15.7. The maximum absolute atomic E-state index is 12.4. The Kier molecular flexibility index (Phi) is 7.85. The number of benzene rings is 3. The molecule has 0 spiro atoms. The largest absolute Gasteiger partial charge is 0.479 e. The zero-order valence-electron chi connectivity index (χ0n) is 18.6. The summed E-state index contributed by atoms with van der Waals surface area (Å²) in [6, 6.07) is 18.6. The van der Waals surface area contributed by atoms with Crippen LogP contribution in [0.15, 0.2) is 66.7 Å². The van der Waals surface area contributed by atoms with Crippen LogP contribution in [0.2, 0.25) is 5.02 Å². The third-order valence-electron chi connectivity index (χ3n) is 4.92. The number of Topliss-reactive ketones (excluding diaryl/α,β-unsaturated/α-hetero) is 1. The van der Waals surface area contributed by atoms with Gasteiger partial charge in [-0.1, -0.05) is 23.7 Å². The second-order valence-corrected chi connectivity index (χ2v) is 7.97. The fraction of sp³-hybridized carbons (Fsp3) is 0.192. The number of amides is 1. The monoisotopic (exact) mass is 465 g/mol. The lowest BCUT2D eigenvalue weighted by Gasteiger charge is -2.14. The third kappa shape index (κ3) is 6.67. The lowest BCUT2D eigenvalue weighted by Crippen LogP contribution is -2.26. The Morgan fingerprint density at radius 3 is 2.18 bits per heavy atom. The predicted molar refractivity (Wildman–Crippen MR) is 127 cm³/mol. The van der Waals surface area contributed by atoms with E-state index in [0.29, 0.717) is 27.6 Å². The first-order valence-electron chi connectivity index (χ1n) is 10.3. The molecular weight excluding hydrogens is 442 g/mol. The van der Waals surface area contributed by atoms with Crippen LogP contribution in [0.3, 0.4) is 0 Å². The number of carbonyl (C=O) groups is 3. The minimum atomic E-state index is -0.818. The van der Waals surface area contributed by atoms with Crippen molar-refractivity contribution in [2.24, 2.45) is 0 Å². The molecule has 1 atom stereocenters. The molecule has 6 nitrogen and oxygen atoms in total. The number of rotatable bonds is 8. The van der Waals surface area contributed by atoms with Crippen LogP contribution in [0, 0.1) is 6.92 Å². The number of hydrogen-bond donors (Lipinski definition) is 1. The first-order valence-corrected chi connectivity index (χ1v) is 10.7. The lowest BCUT2D eigenvalue weighted by atomic mass is 10.1. The Bertz CT molecular complexity index is 1160. The van der Waals surface area contributed by atoms with Gasteiger partial charge in [-0.2, -0.15) is 0 Å². The molecule has 0 fully saturated rings. The van der Waals surface area contributed by atoms with Crippen LogP contribution in [0.4, 0.5) is 5.69 Å². The number of ether oxygens (including phenoxy) is 2. The van der Waals surface area contributed by atoms with E-state index < -0.39 is 12.1 Å². The summed E-state index contributed by atoms with van der Waals surface area (Å²) in [4.78, 5) is 36.0. The van der Waals surface area contributed by atoms with Crippen molar-refractivity contribution in [3.05, 3.63) is 94.0 Å². The SMILES string of the molecule is CC(=O)c1ccc(O[C@H](C)C(=O)OCc2ccc(C(=O)Nc3ccc(Cl)c(C)c3)cc2)cc1. The zero-order chi connectivity index (χ0) is 24.0. The Morgan fingerprint density at radius 2 is 1.58 bits per heavy atom. The van der Waals surface area contributed by atoms with E-state index in [0.717, 1.165) is 11.1 Å². The number of anilines is 1. The van der Waals surface area contributed by atoms with Gasteiger partial charge in [0.1, 0.15) is 12.4 Å². The summed E-state index contributed by atoms with van der Waals surface area (Å²) in [6.45, 7) is 4.99. The Balaban J connectivity index is 1.50. The normalized spacial score (nSPS) is 11.4. The van der Waals surface area contributed by atoms with Crippen LogP contribution in [-0.4, -0.2) is 23.8 Å². The molecule has 0 aromatic heterocycles. The van der Waals surface area contributed by atoms with E-state index in [1.807, 2.05) is 6.92 Å². The van der Waals surface area contributed by atoms with Crippen molar-refractivity contribution in [2.45, 2.75) is 33.5 Å². The summed E-state index contributed by atoms with van der Waals surface area (Å²) in [6.07, 6.45) is -0.818. The van der Waals surface area contributed by atoms with Crippen molar-refractivity contribution in [3.8, 4) is 5.75 Å². The number of ketones is 1. The molecule has 3 aromatic rings. The number of halogens is 1. The lowest BCUT2D eigenvalue weighted by molar-refractivity contribution is -0.152. The summed E-state index contributed by atoms with van der Waals surface area (Å²) >= 11 is 6.01. The molecule has 0 radical (unpaired) electrons. The highest BCUT2D eigenvalue weighted by Gasteiger charge is 2.17. The quantitative estimate of drug-likeness (QED) is 0.345. The molecule has 33 heavy (non-hydrogen) atoms. The molecule has 0 unspecified atom stereocenters. The van der Waals surface area contributed by atoms with Crippen molar-refractivity contribution >= 4 is 34.9 Å². The van der Waals surface area contributed by atoms with Gasteiger partial charge < -0.3 is 14.8 Å². The highest BCUT2D eigenvalue weighted by atomic mass is 35.5. The number of esters is 1. The van der Waals surface area contributed by atoms with Crippen LogP contribution in [0.5, 0.6) is 5.75 Å². The number of nitrogens with one attached hydrogen (secondary N) is 1. The standard InChI is InChI=1S/C26H24ClNO5/c1-16-14-22(10-13-24(16)27)28-25(30)21-6-4-19(5-7-21)15-32-26(31)18(3)33-23-11-8-20(9-12-23)17(2)29/h4-14,18H,15H2,1-3H3,(H,28,30)/t18-/m1/s1. The fourth-order valence-corrected chi connectivity index (χ4v) is 3.09. The summed E-state index contributed by atoms with van der Waals surface area (Å²) in [7, 11) is 0. The summed E-state index contributed by atoms with van der Waals surface area (Å²) in [5, 5.41) is 3.46. The molecule has 0 saturated carbocycles. The zero-order valence-corrected chi connectivity index (χ0v) is 19.3. The number of aryl methyl sites for hydroxylation is 1. The number of hydrogen-bond acceptors (Lipinski definition) is 5. The smallest absolute Gasteiger partial charge is 0.347 e. The molecule has 0 aliphatic carbocycles. The van der Waals surface area contributed by atoms with Crippen molar-refractivity contribution in [2.75, 3.05) is 5.32 Å². The van der Waals surface area contributed by atoms with E-state index in [-0.39, 0.29) is 18.3 Å². The molecule has 0 saturated heterocycles. The molecule has 3 aromatic carbocycles. The average Bonchev–Trinajstić information content (AvgIpc) is 2.80. The molecular formula is C26H24ClNO5. The average molecular weight is 466 g/mol. The van der Waals surface area contributed by atoms with E-state index in [2.05, 4.69) is 5.32 Å². The van der Waals surface area contributed by atoms with Gasteiger partial charge in [-0.15, -0.1) is 0 Å². The molecule has 0 aliphatic heterocycles. The Labute approximate surface area is 197 Å². The Morgan fingerprint density at radius 1 is 0.939 bits per heavy atom.